The van der Waals surface area contributed by atoms with Gasteiger partial charge in [0.1, 0.15) is 11.8 Å². The minimum absolute atomic E-state index is 0.00332. The Hall–Kier alpha value is -1.73. The van der Waals surface area contributed by atoms with Gasteiger partial charge in [-0.3, -0.25) is 0 Å². The molecule has 3 rings (SSSR count). The Morgan fingerprint density at radius 2 is 2.33 bits per heavy atom. The number of hydrogen-bond acceptors (Lipinski definition) is 6. The Kier molecular flexibility index (Phi) is 2.85. The molecule has 0 unspecified atom stereocenters. The highest BCUT2D eigenvalue weighted by Crippen LogP contribution is 2.30. The van der Waals surface area contributed by atoms with E-state index in [2.05, 4.69) is 15.0 Å². The first-order valence-electron chi connectivity index (χ1n) is 5.96. The van der Waals surface area contributed by atoms with Crippen LogP contribution in [0.4, 0.5) is 5.82 Å². The molecule has 7 heteroatoms. The topological polar surface area (TPSA) is 99.1 Å². The molecule has 0 aliphatic carbocycles. The molecule has 7 nitrogen and oxygen atoms in total. The van der Waals surface area contributed by atoms with Crippen molar-refractivity contribution in [3.63, 3.8) is 0 Å². The number of aromatic nitrogens is 4. The van der Waals surface area contributed by atoms with Crippen LogP contribution in [0.2, 0.25) is 0 Å². The van der Waals surface area contributed by atoms with E-state index in [9.17, 15) is 0 Å². The highest BCUT2D eigenvalue weighted by Gasteiger charge is 2.30. The second-order valence-electron chi connectivity index (χ2n) is 4.36. The molecular weight excluding hydrogens is 234 g/mol. The lowest BCUT2D eigenvalue weighted by molar-refractivity contribution is 0.0699. The zero-order chi connectivity index (χ0) is 12.5. The van der Waals surface area contributed by atoms with Crippen LogP contribution >= 0.6 is 0 Å². The molecule has 18 heavy (non-hydrogen) atoms. The van der Waals surface area contributed by atoms with Crippen molar-refractivity contribution in [1.82, 2.24) is 19.5 Å². The average Bonchev–Trinajstić information content (AvgIpc) is 2.96. The van der Waals surface area contributed by atoms with Crippen molar-refractivity contribution in [2.75, 3.05) is 18.9 Å². The lowest BCUT2D eigenvalue weighted by Gasteiger charge is -2.19. The number of ether oxygens (including phenoxy) is 1. The van der Waals surface area contributed by atoms with Gasteiger partial charge in [-0.25, -0.2) is 15.0 Å². The number of nitrogens with two attached hydrogens (primary N) is 1. The van der Waals surface area contributed by atoms with E-state index >= 15 is 0 Å². The molecular formula is C11H15N5O2. The molecule has 3 N–H and O–H groups in total. The van der Waals surface area contributed by atoms with Gasteiger partial charge in [-0.05, 0) is 12.8 Å². The van der Waals surface area contributed by atoms with Crippen LogP contribution in [0.5, 0.6) is 0 Å². The number of anilines is 1. The predicted octanol–water partition coefficient (Wildman–Crippen LogP) is 0.121. The first-order chi connectivity index (χ1) is 8.81. The van der Waals surface area contributed by atoms with Crippen molar-refractivity contribution >= 4 is 17.0 Å². The van der Waals surface area contributed by atoms with E-state index < -0.39 is 0 Å². The maximum Gasteiger partial charge on any atom is 0.165 e. The summed E-state index contributed by atoms with van der Waals surface area (Å²) in [5, 5.41) is 9.05. The molecule has 3 heterocycles. The number of nitrogen functional groups attached to an aromatic ring is 1. The number of fused-ring (bicyclic) bond motifs is 1. The van der Waals surface area contributed by atoms with E-state index in [-0.39, 0.29) is 18.8 Å². The Bertz CT molecular complexity index is 555. The smallest absolute Gasteiger partial charge is 0.165 e. The molecule has 1 aliphatic rings. The highest BCUT2D eigenvalue weighted by molar-refractivity contribution is 5.81. The van der Waals surface area contributed by atoms with Gasteiger partial charge in [-0.2, -0.15) is 0 Å². The monoisotopic (exact) mass is 249 g/mol. The predicted molar refractivity (Wildman–Crippen MR) is 64.8 cm³/mol. The number of imidazole rings is 1. The molecule has 1 aliphatic heterocycles. The summed E-state index contributed by atoms with van der Waals surface area (Å²) in [7, 11) is 0. The third kappa shape index (κ3) is 1.72. The molecule has 0 radical (unpaired) electrons. The Morgan fingerprint density at radius 1 is 1.44 bits per heavy atom. The Morgan fingerprint density at radius 3 is 3.17 bits per heavy atom. The van der Waals surface area contributed by atoms with Gasteiger partial charge in [0, 0.05) is 13.2 Å². The third-order valence-corrected chi connectivity index (χ3v) is 3.33. The number of nitrogens with zero attached hydrogens (tertiary/aromatic N) is 4. The van der Waals surface area contributed by atoms with Crippen molar-refractivity contribution in [2.45, 2.75) is 25.0 Å². The number of aliphatic hydroxyl groups excluding tert-OH is 1. The summed E-state index contributed by atoms with van der Waals surface area (Å²) in [6.45, 7) is 0.806. The maximum absolute atomic E-state index is 9.05. The molecule has 0 aromatic carbocycles. The molecule has 1 saturated heterocycles. The lowest BCUT2D eigenvalue weighted by Crippen LogP contribution is -2.21. The summed E-state index contributed by atoms with van der Waals surface area (Å²) in [6.07, 6.45) is 4.67. The minimum atomic E-state index is 0.00332. The molecule has 0 saturated carbocycles. The van der Waals surface area contributed by atoms with Crippen LogP contribution in [0, 0.1) is 0 Å². The molecule has 2 aromatic rings. The summed E-state index contributed by atoms with van der Waals surface area (Å²) >= 11 is 0. The van der Waals surface area contributed by atoms with Crippen molar-refractivity contribution < 1.29 is 9.84 Å². The first kappa shape index (κ1) is 11.4. The van der Waals surface area contributed by atoms with Gasteiger partial charge in [0.2, 0.25) is 0 Å². The molecule has 0 spiro atoms. The van der Waals surface area contributed by atoms with E-state index in [0.717, 1.165) is 12.1 Å². The molecule has 96 valence electrons. The van der Waals surface area contributed by atoms with Gasteiger partial charge in [-0.15, -0.1) is 0 Å². The van der Waals surface area contributed by atoms with Gasteiger partial charge in [0.15, 0.2) is 11.5 Å². The molecule has 2 atom stereocenters. The fraction of sp³-hybridized carbons (Fsp3) is 0.545. The number of rotatable bonds is 3. The number of aliphatic hydroxyl groups is 1. The third-order valence-electron chi connectivity index (χ3n) is 3.33. The SMILES string of the molecule is Nc1ncnc2c1ncn2[C@H]1CCO[C@@H]1CCO. The minimum Gasteiger partial charge on any atom is -0.396 e. The summed E-state index contributed by atoms with van der Waals surface area (Å²) in [5.74, 6) is 0.386. The number of hydrogen-bond donors (Lipinski definition) is 2. The first-order valence-corrected chi connectivity index (χ1v) is 5.96. The van der Waals surface area contributed by atoms with Crippen molar-refractivity contribution in [3.8, 4) is 0 Å². The lowest BCUT2D eigenvalue weighted by atomic mass is 10.1. The van der Waals surface area contributed by atoms with Crippen LogP contribution in [-0.4, -0.2) is 43.9 Å². The Labute approximate surface area is 104 Å². The van der Waals surface area contributed by atoms with Crippen LogP contribution in [0.25, 0.3) is 11.2 Å². The summed E-state index contributed by atoms with van der Waals surface area (Å²) < 4.78 is 7.60. The molecule has 1 fully saturated rings. The van der Waals surface area contributed by atoms with Crippen LogP contribution < -0.4 is 5.73 Å². The zero-order valence-corrected chi connectivity index (χ0v) is 9.86. The van der Waals surface area contributed by atoms with Gasteiger partial charge < -0.3 is 20.1 Å². The largest absolute Gasteiger partial charge is 0.396 e. The van der Waals surface area contributed by atoms with Crippen molar-refractivity contribution in [1.29, 1.82) is 0 Å². The Balaban J connectivity index is 2.01. The molecule has 0 amide bonds. The van der Waals surface area contributed by atoms with Gasteiger partial charge >= 0.3 is 0 Å². The van der Waals surface area contributed by atoms with Gasteiger partial charge in [0.05, 0.1) is 18.5 Å². The summed E-state index contributed by atoms with van der Waals surface area (Å²) in [4.78, 5) is 12.4. The van der Waals surface area contributed by atoms with Crippen LogP contribution in [-0.2, 0) is 4.74 Å². The van der Waals surface area contributed by atoms with Crippen molar-refractivity contribution in [2.24, 2.45) is 0 Å². The van der Waals surface area contributed by atoms with Crippen LogP contribution in [0.3, 0.4) is 0 Å². The quantitative estimate of drug-likeness (QED) is 0.801. The van der Waals surface area contributed by atoms with E-state index in [0.29, 0.717) is 24.4 Å². The molecule has 2 aromatic heterocycles. The molecule has 0 bridgehead atoms. The average molecular weight is 249 g/mol. The van der Waals surface area contributed by atoms with Gasteiger partial charge in [-0.1, -0.05) is 0 Å². The van der Waals surface area contributed by atoms with Gasteiger partial charge in [0.25, 0.3) is 0 Å². The summed E-state index contributed by atoms with van der Waals surface area (Å²) in [6, 6.07) is 0.149. The van der Waals surface area contributed by atoms with Crippen LogP contribution in [0.15, 0.2) is 12.7 Å². The second-order valence-corrected chi connectivity index (χ2v) is 4.36. The van der Waals surface area contributed by atoms with E-state index in [1.54, 1.807) is 6.33 Å². The maximum atomic E-state index is 9.05. The van der Waals surface area contributed by atoms with Crippen LogP contribution in [0.1, 0.15) is 18.9 Å². The fourth-order valence-corrected chi connectivity index (χ4v) is 2.47. The summed E-state index contributed by atoms with van der Waals surface area (Å²) in [5.41, 5.74) is 7.10. The van der Waals surface area contributed by atoms with E-state index in [1.165, 1.54) is 6.33 Å². The van der Waals surface area contributed by atoms with E-state index in [4.69, 9.17) is 15.6 Å². The zero-order valence-electron chi connectivity index (χ0n) is 9.86. The van der Waals surface area contributed by atoms with E-state index in [1.807, 2.05) is 4.57 Å². The highest BCUT2D eigenvalue weighted by atomic mass is 16.5. The second kappa shape index (κ2) is 4.51. The normalized spacial score (nSPS) is 23.8. The standard InChI is InChI=1S/C11H15N5O2/c12-10-9-11(14-5-13-10)16(6-15-9)7-2-4-18-8(7)1-3-17/h5-8,17H,1-4H2,(H2,12,13,14)/t7-,8+/m0/s1. The fourth-order valence-electron chi connectivity index (χ4n) is 2.47. The van der Waals surface area contributed by atoms with Crippen molar-refractivity contribution in [3.05, 3.63) is 12.7 Å².